The topological polar surface area (TPSA) is 70.5 Å². The summed E-state index contributed by atoms with van der Waals surface area (Å²) in [5.41, 5.74) is 6.38. The predicted octanol–water partition coefficient (Wildman–Crippen LogP) is 5.23. The number of hydrogen-bond acceptors (Lipinski definition) is 4. The molecule has 0 spiro atoms. The van der Waals surface area contributed by atoms with Crippen LogP contribution < -0.4 is 5.32 Å². The molecule has 0 saturated carbocycles. The molecular formula is C31H34FN5O2. The molecular weight excluding hydrogens is 493 g/mol. The normalized spacial score (nSPS) is 17.8. The van der Waals surface area contributed by atoms with Crippen molar-refractivity contribution in [3.63, 3.8) is 0 Å². The van der Waals surface area contributed by atoms with Gasteiger partial charge in [0, 0.05) is 75.6 Å². The zero-order valence-electron chi connectivity index (χ0n) is 22.8. The van der Waals surface area contributed by atoms with Crippen molar-refractivity contribution in [2.45, 2.75) is 32.0 Å². The summed E-state index contributed by atoms with van der Waals surface area (Å²) in [7, 11) is 5.45. The number of aryl methyl sites for hydroxylation is 1. The van der Waals surface area contributed by atoms with Gasteiger partial charge >= 0.3 is 0 Å². The standard InChI is InChI=1S/C31H34FN5O2/c1-20(38)34-24-11-9-21(10-12-24)26-13-15-33-30-28(26)17-25(36(30)4)18-37-16-14-27(29(32)19-37)22-5-7-23(8-6-22)31(39)35(2)3/h5-13,15,17,27,29H,14,16,18-19H2,1-4H3,(H,34,38)/t27-,29-/m0/s1. The van der Waals surface area contributed by atoms with Crippen molar-refractivity contribution in [2.24, 2.45) is 7.05 Å². The number of anilines is 1. The minimum Gasteiger partial charge on any atom is -0.345 e. The van der Waals surface area contributed by atoms with E-state index < -0.39 is 6.17 Å². The molecule has 4 aromatic rings. The first-order chi connectivity index (χ1) is 18.7. The number of rotatable bonds is 6. The van der Waals surface area contributed by atoms with Gasteiger partial charge in [0.2, 0.25) is 5.91 Å². The molecule has 39 heavy (non-hydrogen) atoms. The molecule has 2 aromatic carbocycles. The summed E-state index contributed by atoms with van der Waals surface area (Å²) in [6, 6.07) is 19.3. The number of nitrogens with one attached hydrogen (secondary N) is 1. The number of aromatic nitrogens is 2. The molecule has 0 bridgehead atoms. The molecule has 0 unspecified atom stereocenters. The summed E-state index contributed by atoms with van der Waals surface area (Å²) in [6.07, 6.45) is 1.54. The second-order valence-electron chi connectivity index (χ2n) is 10.5. The fourth-order valence-electron chi connectivity index (χ4n) is 5.46. The van der Waals surface area contributed by atoms with Crippen LogP contribution in [-0.4, -0.2) is 64.5 Å². The van der Waals surface area contributed by atoms with Gasteiger partial charge in [0.15, 0.2) is 0 Å². The summed E-state index contributed by atoms with van der Waals surface area (Å²) in [5.74, 6) is -0.329. The van der Waals surface area contributed by atoms with Crippen LogP contribution in [0.5, 0.6) is 0 Å². The van der Waals surface area contributed by atoms with E-state index in [0.29, 0.717) is 18.7 Å². The Labute approximate surface area is 228 Å². The van der Waals surface area contributed by atoms with Crippen molar-refractivity contribution in [3.05, 3.63) is 83.7 Å². The van der Waals surface area contributed by atoms with E-state index in [1.54, 1.807) is 31.1 Å². The molecule has 1 aliphatic heterocycles. The third-order valence-corrected chi connectivity index (χ3v) is 7.55. The van der Waals surface area contributed by atoms with E-state index in [2.05, 4.69) is 25.8 Å². The van der Waals surface area contributed by atoms with Crippen LogP contribution in [-0.2, 0) is 18.4 Å². The van der Waals surface area contributed by atoms with E-state index in [9.17, 15) is 9.59 Å². The van der Waals surface area contributed by atoms with Gasteiger partial charge in [-0.15, -0.1) is 0 Å². The Balaban J connectivity index is 1.30. The Kier molecular flexibility index (Phi) is 7.48. The average molecular weight is 528 g/mol. The number of hydrogen-bond donors (Lipinski definition) is 1. The Hall–Kier alpha value is -4.04. The maximum Gasteiger partial charge on any atom is 0.253 e. The van der Waals surface area contributed by atoms with Crippen LogP contribution in [0, 0.1) is 0 Å². The molecule has 202 valence electrons. The van der Waals surface area contributed by atoms with Crippen molar-refractivity contribution < 1.29 is 14.0 Å². The van der Waals surface area contributed by atoms with Crippen molar-refractivity contribution in [1.29, 1.82) is 0 Å². The summed E-state index contributed by atoms with van der Waals surface area (Å²) >= 11 is 0. The minimum atomic E-state index is -0.986. The molecule has 0 radical (unpaired) electrons. The van der Waals surface area contributed by atoms with Gasteiger partial charge in [-0.1, -0.05) is 24.3 Å². The number of nitrogens with zero attached hydrogens (tertiary/aromatic N) is 4. The number of carbonyl (C=O) groups is 2. The zero-order chi connectivity index (χ0) is 27.7. The summed E-state index contributed by atoms with van der Waals surface area (Å²) in [6.45, 7) is 3.27. The molecule has 2 atom stereocenters. The largest absolute Gasteiger partial charge is 0.345 e. The second-order valence-corrected chi connectivity index (χ2v) is 10.5. The van der Waals surface area contributed by atoms with Crippen molar-refractivity contribution in [1.82, 2.24) is 19.4 Å². The number of likely N-dealkylation sites (tertiary alicyclic amines) is 1. The van der Waals surface area contributed by atoms with Crippen LogP contribution in [0.4, 0.5) is 10.1 Å². The van der Waals surface area contributed by atoms with E-state index in [1.807, 2.05) is 55.7 Å². The van der Waals surface area contributed by atoms with Gasteiger partial charge in [0.1, 0.15) is 11.8 Å². The lowest BCUT2D eigenvalue weighted by molar-refractivity contribution is -0.114. The minimum absolute atomic E-state index is 0.0530. The molecule has 2 amide bonds. The van der Waals surface area contributed by atoms with Crippen LogP contribution >= 0.6 is 0 Å². The highest BCUT2D eigenvalue weighted by atomic mass is 19.1. The molecule has 1 fully saturated rings. The molecule has 1 N–H and O–H groups in total. The Bertz CT molecular complexity index is 1490. The maximum atomic E-state index is 15.4. The summed E-state index contributed by atoms with van der Waals surface area (Å²) in [4.78, 5) is 31.9. The average Bonchev–Trinajstić information content (AvgIpc) is 3.23. The van der Waals surface area contributed by atoms with Gasteiger partial charge in [-0.2, -0.15) is 0 Å². The van der Waals surface area contributed by atoms with Gasteiger partial charge in [0.05, 0.1) is 0 Å². The SMILES string of the molecule is CC(=O)Nc1ccc(-c2ccnc3c2cc(CN2CC[C@@H](c4ccc(C(=O)N(C)C)cc4)[C@@H](F)C2)n3C)cc1. The van der Waals surface area contributed by atoms with Gasteiger partial charge in [-0.05, 0) is 66.1 Å². The van der Waals surface area contributed by atoms with Crippen LogP contribution in [0.25, 0.3) is 22.2 Å². The number of halogens is 1. The molecule has 7 nitrogen and oxygen atoms in total. The fourth-order valence-corrected chi connectivity index (χ4v) is 5.46. The van der Waals surface area contributed by atoms with Crippen molar-refractivity contribution in [3.8, 4) is 11.1 Å². The van der Waals surface area contributed by atoms with Gasteiger partial charge in [-0.25, -0.2) is 9.37 Å². The quantitative estimate of drug-likeness (QED) is 0.373. The molecule has 2 aromatic heterocycles. The fraction of sp³-hybridized carbons (Fsp3) is 0.323. The number of amides is 2. The number of carbonyl (C=O) groups excluding carboxylic acids is 2. The molecule has 5 rings (SSSR count). The van der Waals surface area contributed by atoms with Crippen molar-refractivity contribution >= 4 is 28.5 Å². The Morgan fingerprint density at radius 3 is 2.44 bits per heavy atom. The third-order valence-electron chi connectivity index (χ3n) is 7.55. The number of piperidine rings is 1. The van der Waals surface area contributed by atoms with Crippen LogP contribution in [0.2, 0.25) is 0 Å². The predicted molar refractivity (Wildman–Crippen MR) is 152 cm³/mol. The highest BCUT2D eigenvalue weighted by Gasteiger charge is 2.31. The second kappa shape index (κ2) is 11.0. The van der Waals surface area contributed by atoms with E-state index in [1.165, 1.54) is 6.92 Å². The third kappa shape index (κ3) is 5.56. The molecule has 0 aliphatic carbocycles. The Morgan fingerprint density at radius 2 is 1.79 bits per heavy atom. The van der Waals surface area contributed by atoms with E-state index in [4.69, 9.17) is 0 Å². The summed E-state index contributed by atoms with van der Waals surface area (Å²) < 4.78 is 17.5. The maximum absolute atomic E-state index is 15.4. The van der Waals surface area contributed by atoms with Crippen LogP contribution in [0.15, 0.2) is 66.9 Å². The van der Waals surface area contributed by atoms with Gasteiger partial charge < -0.3 is 14.8 Å². The monoisotopic (exact) mass is 527 g/mol. The Morgan fingerprint density at radius 1 is 1.08 bits per heavy atom. The lowest BCUT2D eigenvalue weighted by atomic mass is 9.87. The van der Waals surface area contributed by atoms with Gasteiger partial charge in [-0.3, -0.25) is 14.5 Å². The lowest BCUT2D eigenvalue weighted by Gasteiger charge is -2.35. The van der Waals surface area contributed by atoms with Crippen LogP contribution in [0.3, 0.4) is 0 Å². The van der Waals surface area contributed by atoms with Crippen molar-refractivity contribution in [2.75, 3.05) is 32.5 Å². The first-order valence-electron chi connectivity index (χ1n) is 13.2. The molecule has 1 aliphatic rings. The van der Waals surface area contributed by atoms with E-state index in [-0.39, 0.29) is 17.7 Å². The highest BCUT2D eigenvalue weighted by Crippen LogP contribution is 2.34. The first-order valence-corrected chi connectivity index (χ1v) is 13.2. The van der Waals surface area contributed by atoms with Gasteiger partial charge in [0.25, 0.3) is 5.91 Å². The van der Waals surface area contributed by atoms with E-state index >= 15 is 4.39 Å². The number of benzene rings is 2. The molecule has 1 saturated heterocycles. The highest BCUT2D eigenvalue weighted by molar-refractivity contribution is 5.95. The number of fused-ring (bicyclic) bond motifs is 1. The first kappa shape index (κ1) is 26.6. The molecule has 3 heterocycles. The van der Waals surface area contributed by atoms with E-state index in [0.717, 1.165) is 52.1 Å². The number of alkyl halides is 1. The summed E-state index contributed by atoms with van der Waals surface area (Å²) in [5, 5.41) is 3.84. The molecule has 8 heteroatoms. The number of pyridine rings is 1. The lowest BCUT2D eigenvalue weighted by Crippen LogP contribution is -2.40. The smallest absolute Gasteiger partial charge is 0.253 e. The zero-order valence-corrected chi connectivity index (χ0v) is 22.8. The van der Waals surface area contributed by atoms with Crippen LogP contribution in [0.1, 0.15) is 40.9 Å².